The molecule has 1 heterocycles. The standard InChI is InChI=1S/C17H16ClNO2/c1-10-14-9-12(6-7-15(14)19(2)17(10)21)16(20)11-4-3-5-13(18)8-11/h3-10,16,20H,1-2H3. The summed E-state index contributed by atoms with van der Waals surface area (Å²) in [6, 6.07) is 12.8. The molecule has 108 valence electrons. The van der Waals surface area contributed by atoms with E-state index in [0.29, 0.717) is 5.02 Å². The molecule has 0 spiro atoms. The van der Waals surface area contributed by atoms with Gasteiger partial charge in [-0.1, -0.05) is 29.8 Å². The van der Waals surface area contributed by atoms with Crippen molar-refractivity contribution in [3.63, 3.8) is 0 Å². The van der Waals surface area contributed by atoms with Gasteiger partial charge in [-0.25, -0.2) is 0 Å². The summed E-state index contributed by atoms with van der Waals surface area (Å²) in [5.41, 5.74) is 3.38. The lowest BCUT2D eigenvalue weighted by atomic mass is 9.95. The number of anilines is 1. The molecule has 0 saturated heterocycles. The van der Waals surface area contributed by atoms with Crippen molar-refractivity contribution in [3.05, 3.63) is 64.2 Å². The molecule has 0 aliphatic carbocycles. The Hall–Kier alpha value is -1.84. The zero-order valence-corrected chi connectivity index (χ0v) is 12.6. The van der Waals surface area contributed by atoms with Gasteiger partial charge in [0.05, 0.1) is 5.92 Å². The van der Waals surface area contributed by atoms with Crippen molar-refractivity contribution in [2.75, 3.05) is 11.9 Å². The van der Waals surface area contributed by atoms with Crippen LogP contribution in [-0.2, 0) is 4.79 Å². The molecule has 1 amide bonds. The van der Waals surface area contributed by atoms with Crippen molar-refractivity contribution in [2.24, 2.45) is 0 Å². The summed E-state index contributed by atoms with van der Waals surface area (Å²) in [5.74, 6) is -0.0871. The van der Waals surface area contributed by atoms with Crippen molar-refractivity contribution < 1.29 is 9.90 Å². The molecule has 0 fully saturated rings. The van der Waals surface area contributed by atoms with Gasteiger partial charge in [-0.3, -0.25) is 4.79 Å². The van der Waals surface area contributed by atoms with Crippen LogP contribution in [0.2, 0.25) is 5.02 Å². The number of benzene rings is 2. The lowest BCUT2D eigenvalue weighted by Gasteiger charge is -2.14. The highest BCUT2D eigenvalue weighted by Crippen LogP contribution is 2.38. The Kier molecular flexibility index (Phi) is 3.47. The van der Waals surface area contributed by atoms with Gasteiger partial charge in [-0.2, -0.15) is 0 Å². The summed E-state index contributed by atoms with van der Waals surface area (Å²) >= 11 is 5.97. The molecule has 1 aliphatic rings. The molecule has 0 bridgehead atoms. The SMILES string of the molecule is CC1C(=O)N(C)c2ccc(C(O)c3cccc(Cl)c3)cc21. The van der Waals surface area contributed by atoms with Crippen LogP contribution in [0.25, 0.3) is 0 Å². The number of carbonyl (C=O) groups excluding carboxylic acids is 1. The molecular weight excluding hydrogens is 286 g/mol. The number of halogens is 1. The van der Waals surface area contributed by atoms with Crippen LogP contribution < -0.4 is 4.90 Å². The molecule has 2 atom stereocenters. The highest BCUT2D eigenvalue weighted by atomic mass is 35.5. The van der Waals surface area contributed by atoms with Crippen molar-refractivity contribution >= 4 is 23.2 Å². The van der Waals surface area contributed by atoms with Gasteiger partial charge in [-0.15, -0.1) is 0 Å². The number of aliphatic hydroxyl groups is 1. The second-order valence-electron chi connectivity index (χ2n) is 5.39. The number of nitrogens with zero attached hydrogens (tertiary/aromatic N) is 1. The predicted octanol–water partition coefficient (Wildman–Crippen LogP) is 3.50. The third-order valence-corrected chi connectivity index (χ3v) is 4.30. The number of aliphatic hydroxyl groups excluding tert-OH is 1. The fourth-order valence-electron chi connectivity index (χ4n) is 2.81. The summed E-state index contributed by atoms with van der Waals surface area (Å²) in [5, 5.41) is 11.1. The number of rotatable bonds is 2. The number of fused-ring (bicyclic) bond motifs is 1. The Labute approximate surface area is 128 Å². The molecule has 4 heteroatoms. The van der Waals surface area contributed by atoms with E-state index in [1.165, 1.54) is 0 Å². The lowest BCUT2D eigenvalue weighted by molar-refractivity contribution is -0.118. The zero-order chi connectivity index (χ0) is 15.1. The van der Waals surface area contributed by atoms with Gasteiger partial charge < -0.3 is 10.0 Å². The molecule has 3 nitrogen and oxygen atoms in total. The van der Waals surface area contributed by atoms with E-state index in [0.717, 1.165) is 22.4 Å². The number of likely N-dealkylation sites (N-methyl/N-ethyl adjacent to an activating group) is 1. The maximum Gasteiger partial charge on any atom is 0.234 e. The van der Waals surface area contributed by atoms with Crippen molar-refractivity contribution in [3.8, 4) is 0 Å². The smallest absolute Gasteiger partial charge is 0.234 e. The van der Waals surface area contributed by atoms with Gasteiger partial charge in [0.15, 0.2) is 0 Å². The molecular formula is C17H16ClNO2. The third-order valence-electron chi connectivity index (χ3n) is 4.06. The van der Waals surface area contributed by atoms with Gasteiger partial charge >= 0.3 is 0 Å². The van der Waals surface area contributed by atoms with Gasteiger partial charge in [0.25, 0.3) is 0 Å². The Bertz CT molecular complexity index is 714. The van der Waals surface area contributed by atoms with Gasteiger partial charge in [0.1, 0.15) is 6.10 Å². The third kappa shape index (κ3) is 2.33. The average molecular weight is 302 g/mol. The number of amides is 1. The van der Waals surface area contributed by atoms with E-state index >= 15 is 0 Å². The van der Waals surface area contributed by atoms with E-state index < -0.39 is 6.10 Å². The van der Waals surface area contributed by atoms with Crippen LogP contribution >= 0.6 is 11.6 Å². The van der Waals surface area contributed by atoms with Crippen LogP contribution in [0.3, 0.4) is 0 Å². The summed E-state index contributed by atoms with van der Waals surface area (Å²) < 4.78 is 0. The molecule has 0 saturated carbocycles. The molecule has 1 aliphatic heterocycles. The fraction of sp³-hybridized carbons (Fsp3) is 0.235. The Morgan fingerprint density at radius 1 is 1.19 bits per heavy atom. The molecule has 21 heavy (non-hydrogen) atoms. The maximum absolute atomic E-state index is 12.0. The summed E-state index contributed by atoms with van der Waals surface area (Å²) in [4.78, 5) is 13.7. The summed E-state index contributed by atoms with van der Waals surface area (Å²) in [7, 11) is 1.78. The normalized spacial score (nSPS) is 18.8. The second-order valence-corrected chi connectivity index (χ2v) is 5.83. The molecule has 0 aromatic heterocycles. The van der Waals surface area contributed by atoms with Crippen LogP contribution in [0.4, 0.5) is 5.69 Å². The molecule has 2 aromatic carbocycles. The predicted molar refractivity (Wildman–Crippen MR) is 83.8 cm³/mol. The van der Waals surface area contributed by atoms with Crippen molar-refractivity contribution in [1.29, 1.82) is 0 Å². The molecule has 3 rings (SSSR count). The molecule has 0 radical (unpaired) electrons. The first-order valence-electron chi connectivity index (χ1n) is 6.84. The minimum absolute atomic E-state index is 0.0828. The van der Waals surface area contributed by atoms with Gasteiger partial charge in [0.2, 0.25) is 5.91 Å². The Morgan fingerprint density at radius 2 is 1.90 bits per heavy atom. The van der Waals surface area contributed by atoms with Crippen LogP contribution in [0.1, 0.15) is 35.6 Å². The first-order valence-corrected chi connectivity index (χ1v) is 7.22. The number of carbonyl (C=O) groups is 1. The first-order chi connectivity index (χ1) is 9.99. The van der Waals surface area contributed by atoms with Crippen LogP contribution in [0.5, 0.6) is 0 Å². The zero-order valence-electron chi connectivity index (χ0n) is 11.9. The topological polar surface area (TPSA) is 40.5 Å². The van der Waals surface area contributed by atoms with E-state index in [-0.39, 0.29) is 11.8 Å². The quantitative estimate of drug-likeness (QED) is 0.922. The minimum Gasteiger partial charge on any atom is -0.384 e. The van der Waals surface area contributed by atoms with Gasteiger partial charge in [0, 0.05) is 17.8 Å². The van der Waals surface area contributed by atoms with E-state index in [9.17, 15) is 9.90 Å². The van der Waals surface area contributed by atoms with Crippen LogP contribution in [0, 0.1) is 0 Å². The van der Waals surface area contributed by atoms with Crippen molar-refractivity contribution in [2.45, 2.75) is 18.9 Å². The Morgan fingerprint density at radius 3 is 2.62 bits per heavy atom. The van der Waals surface area contributed by atoms with Crippen LogP contribution in [0.15, 0.2) is 42.5 Å². The molecule has 2 aromatic rings. The first kappa shape index (κ1) is 14.1. The fourth-order valence-corrected chi connectivity index (χ4v) is 3.01. The summed E-state index contributed by atoms with van der Waals surface area (Å²) in [6.45, 7) is 1.89. The highest BCUT2D eigenvalue weighted by Gasteiger charge is 2.32. The number of hydrogen-bond donors (Lipinski definition) is 1. The number of hydrogen-bond acceptors (Lipinski definition) is 2. The largest absolute Gasteiger partial charge is 0.384 e. The lowest BCUT2D eigenvalue weighted by Crippen LogP contribution is -2.22. The average Bonchev–Trinajstić information content (AvgIpc) is 2.71. The van der Waals surface area contributed by atoms with E-state index in [1.54, 1.807) is 24.1 Å². The monoisotopic (exact) mass is 301 g/mol. The van der Waals surface area contributed by atoms with Crippen molar-refractivity contribution in [1.82, 2.24) is 0 Å². The van der Waals surface area contributed by atoms with E-state index in [1.807, 2.05) is 37.3 Å². The summed E-state index contributed by atoms with van der Waals surface area (Å²) in [6.07, 6.45) is -0.748. The maximum atomic E-state index is 12.0. The van der Waals surface area contributed by atoms with E-state index in [2.05, 4.69) is 0 Å². The second kappa shape index (κ2) is 5.17. The molecule has 2 unspecified atom stereocenters. The van der Waals surface area contributed by atoms with E-state index in [4.69, 9.17) is 11.6 Å². The van der Waals surface area contributed by atoms with Gasteiger partial charge in [-0.05, 0) is 47.9 Å². The molecule has 1 N–H and O–H groups in total. The minimum atomic E-state index is -0.748. The Balaban J connectivity index is 2.00. The van der Waals surface area contributed by atoms with Crippen LogP contribution in [-0.4, -0.2) is 18.1 Å². The highest BCUT2D eigenvalue weighted by molar-refractivity contribution is 6.30.